The lowest BCUT2D eigenvalue weighted by atomic mass is 10.0. The minimum Gasteiger partial charge on any atom is -0.508 e. The van der Waals surface area contributed by atoms with Gasteiger partial charge >= 0.3 is 0 Å². The number of hydrogen-bond donors (Lipinski definition) is 1. The van der Waals surface area contributed by atoms with E-state index in [-0.39, 0.29) is 12.0 Å². The highest BCUT2D eigenvalue weighted by molar-refractivity contribution is 5.67. The van der Waals surface area contributed by atoms with Crippen LogP contribution in [-0.2, 0) is 9.47 Å². The van der Waals surface area contributed by atoms with Gasteiger partial charge in [0.05, 0.1) is 20.3 Å². The van der Waals surface area contributed by atoms with E-state index in [1.807, 2.05) is 30.3 Å². The highest BCUT2D eigenvalue weighted by Crippen LogP contribution is 2.32. The summed E-state index contributed by atoms with van der Waals surface area (Å²) in [6.07, 6.45) is -0.297. The molecule has 0 unspecified atom stereocenters. The van der Waals surface area contributed by atoms with Crippen molar-refractivity contribution < 1.29 is 19.3 Å². The van der Waals surface area contributed by atoms with E-state index in [4.69, 9.17) is 14.2 Å². The second-order valence-corrected chi connectivity index (χ2v) is 4.62. The van der Waals surface area contributed by atoms with Crippen molar-refractivity contribution in [1.29, 1.82) is 0 Å². The molecule has 20 heavy (non-hydrogen) atoms. The molecule has 1 fully saturated rings. The van der Waals surface area contributed by atoms with Crippen LogP contribution >= 0.6 is 0 Å². The molecule has 0 aromatic heterocycles. The number of benzene rings is 2. The molecule has 0 bridgehead atoms. The number of ether oxygens (including phenoxy) is 3. The summed E-state index contributed by atoms with van der Waals surface area (Å²) in [5.74, 6) is 0.803. The molecule has 0 amide bonds. The van der Waals surface area contributed by atoms with Crippen LogP contribution < -0.4 is 4.74 Å². The van der Waals surface area contributed by atoms with Crippen LogP contribution in [-0.4, -0.2) is 25.4 Å². The third kappa shape index (κ3) is 2.61. The van der Waals surface area contributed by atoms with Crippen LogP contribution in [0.25, 0.3) is 11.1 Å². The zero-order valence-corrected chi connectivity index (χ0v) is 11.2. The predicted molar refractivity (Wildman–Crippen MR) is 74.7 cm³/mol. The first kappa shape index (κ1) is 13.0. The summed E-state index contributed by atoms with van der Waals surface area (Å²) in [4.78, 5) is 0. The number of hydrogen-bond acceptors (Lipinski definition) is 4. The third-order valence-electron chi connectivity index (χ3n) is 3.24. The van der Waals surface area contributed by atoms with E-state index < -0.39 is 0 Å². The number of aromatic hydroxyl groups is 1. The first-order chi connectivity index (χ1) is 9.76. The number of phenolic OH excluding ortho intramolecular Hbond substituents is 1. The zero-order chi connectivity index (χ0) is 13.9. The molecule has 0 aliphatic carbocycles. The van der Waals surface area contributed by atoms with Gasteiger partial charge < -0.3 is 19.3 Å². The van der Waals surface area contributed by atoms with E-state index in [1.165, 1.54) is 0 Å². The van der Waals surface area contributed by atoms with Crippen LogP contribution in [0.3, 0.4) is 0 Å². The Bertz CT molecular complexity index is 603. The zero-order valence-electron chi connectivity index (χ0n) is 11.2. The van der Waals surface area contributed by atoms with Crippen LogP contribution in [0.1, 0.15) is 11.9 Å². The molecule has 0 atom stereocenters. The molecule has 2 aromatic carbocycles. The highest BCUT2D eigenvalue weighted by Gasteiger charge is 2.18. The molecule has 104 valence electrons. The summed E-state index contributed by atoms with van der Waals surface area (Å²) in [5.41, 5.74) is 2.85. The molecule has 1 aliphatic rings. The monoisotopic (exact) mass is 272 g/mol. The smallest absolute Gasteiger partial charge is 0.184 e. The molecule has 0 saturated carbocycles. The van der Waals surface area contributed by atoms with Crippen molar-refractivity contribution in [1.82, 2.24) is 0 Å². The van der Waals surface area contributed by atoms with E-state index in [1.54, 1.807) is 19.2 Å². The number of phenols is 1. The quantitative estimate of drug-likeness (QED) is 0.932. The fourth-order valence-electron chi connectivity index (χ4n) is 2.28. The average Bonchev–Trinajstić information content (AvgIpc) is 3.01. The number of methoxy groups -OCH3 is 1. The lowest BCUT2D eigenvalue weighted by Gasteiger charge is -2.12. The Labute approximate surface area is 117 Å². The van der Waals surface area contributed by atoms with E-state index in [2.05, 4.69) is 0 Å². The maximum atomic E-state index is 9.74. The van der Waals surface area contributed by atoms with Crippen molar-refractivity contribution in [2.75, 3.05) is 20.3 Å². The Kier molecular flexibility index (Phi) is 3.58. The van der Waals surface area contributed by atoms with Crippen molar-refractivity contribution in [3.05, 3.63) is 48.0 Å². The molecule has 3 rings (SSSR count). The Morgan fingerprint density at radius 2 is 1.85 bits per heavy atom. The second kappa shape index (κ2) is 5.53. The number of rotatable bonds is 3. The largest absolute Gasteiger partial charge is 0.508 e. The first-order valence-corrected chi connectivity index (χ1v) is 6.48. The van der Waals surface area contributed by atoms with Gasteiger partial charge in [-0.1, -0.05) is 18.2 Å². The topological polar surface area (TPSA) is 47.9 Å². The Balaban J connectivity index is 1.97. The molecule has 4 heteroatoms. The van der Waals surface area contributed by atoms with Gasteiger partial charge in [0.25, 0.3) is 0 Å². The summed E-state index contributed by atoms with van der Waals surface area (Å²) >= 11 is 0. The maximum absolute atomic E-state index is 9.74. The van der Waals surface area contributed by atoms with E-state index in [0.717, 1.165) is 16.7 Å². The Morgan fingerprint density at radius 3 is 2.60 bits per heavy atom. The minimum atomic E-state index is -0.297. The third-order valence-corrected chi connectivity index (χ3v) is 3.24. The van der Waals surface area contributed by atoms with E-state index in [0.29, 0.717) is 19.0 Å². The van der Waals surface area contributed by atoms with Crippen molar-refractivity contribution >= 4 is 0 Å². The lowest BCUT2D eigenvalue weighted by Crippen LogP contribution is -1.97. The molecule has 1 saturated heterocycles. The van der Waals surface area contributed by atoms with Crippen molar-refractivity contribution in [3.8, 4) is 22.6 Å². The van der Waals surface area contributed by atoms with Crippen LogP contribution in [0, 0.1) is 0 Å². The molecular formula is C16H16O4. The van der Waals surface area contributed by atoms with Gasteiger partial charge in [0.1, 0.15) is 11.5 Å². The van der Waals surface area contributed by atoms with Gasteiger partial charge in [-0.3, -0.25) is 0 Å². The van der Waals surface area contributed by atoms with Gasteiger partial charge in [0.2, 0.25) is 0 Å². The SMILES string of the molecule is COc1cc(O)cc(-c2cccc(C3OCCO3)c2)c1. The highest BCUT2D eigenvalue weighted by atomic mass is 16.7. The van der Waals surface area contributed by atoms with Crippen molar-refractivity contribution in [2.24, 2.45) is 0 Å². The van der Waals surface area contributed by atoms with Gasteiger partial charge in [-0.05, 0) is 29.3 Å². The summed E-state index contributed by atoms with van der Waals surface area (Å²) < 4.78 is 16.2. The molecule has 1 N–H and O–H groups in total. The molecule has 4 nitrogen and oxygen atoms in total. The normalized spacial score (nSPS) is 15.4. The van der Waals surface area contributed by atoms with Gasteiger partial charge in [-0.25, -0.2) is 0 Å². The fourth-order valence-corrected chi connectivity index (χ4v) is 2.28. The maximum Gasteiger partial charge on any atom is 0.184 e. The minimum absolute atomic E-state index is 0.179. The standard InChI is InChI=1S/C16H16O4/c1-18-15-9-13(8-14(17)10-15)11-3-2-4-12(7-11)16-19-5-6-20-16/h2-4,7-10,16-17H,5-6H2,1H3. The van der Waals surface area contributed by atoms with Crippen molar-refractivity contribution in [2.45, 2.75) is 6.29 Å². The molecule has 1 heterocycles. The van der Waals surface area contributed by atoms with Gasteiger partial charge in [0, 0.05) is 11.6 Å². The van der Waals surface area contributed by atoms with Crippen LogP contribution in [0.4, 0.5) is 0 Å². The Morgan fingerprint density at radius 1 is 1.05 bits per heavy atom. The molecule has 2 aromatic rings. The predicted octanol–water partition coefficient (Wildman–Crippen LogP) is 3.11. The lowest BCUT2D eigenvalue weighted by molar-refractivity contribution is -0.0440. The average molecular weight is 272 g/mol. The van der Waals surface area contributed by atoms with E-state index >= 15 is 0 Å². The van der Waals surface area contributed by atoms with Crippen LogP contribution in [0.2, 0.25) is 0 Å². The first-order valence-electron chi connectivity index (χ1n) is 6.48. The summed E-state index contributed by atoms with van der Waals surface area (Å²) in [6.45, 7) is 1.24. The summed E-state index contributed by atoms with van der Waals surface area (Å²) in [5, 5.41) is 9.74. The summed E-state index contributed by atoms with van der Waals surface area (Å²) in [6, 6.07) is 13.1. The molecule has 1 aliphatic heterocycles. The molecule has 0 radical (unpaired) electrons. The summed E-state index contributed by atoms with van der Waals surface area (Å²) in [7, 11) is 1.58. The van der Waals surface area contributed by atoms with E-state index in [9.17, 15) is 5.11 Å². The molecular weight excluding hydrogens is 256 g/mol. The second-order valence-electron chi connectivity index (χ2n) is 4.62. The van der Waals surface area contributed by atoms with Crippen molar-refractivity contribution in [3.63, 3.8) is 0 Å². The Hall–Kier alpha value is -2.04. The van der Waals surface area contributed by atoms with Crippen LogP contribution in [0.5, 0.6) is 11.5 Å². The fraction of sp³-hybridized carbons (Fsp3) is 0.250. The van der Waals surface area contributed by atoms with Crippen LogP contribution in [0.15, 0.2) is 42.5 Å². The van der Waals surface area contributed by atoms with Gasteiger partial charge in [-0.2, -0.15) is 0 Å². The molecule has 0 spiro atoms. The van der Waals surface area contributed by atoms with Gasteiger partial charge in [0.15, 0.2) is 6.29 Å². The van der Waals surface area contributed by atoms with Gasteiger partial charge in [-0.15, -0.1) is 0 Å².